The summed E-state index contributed by atoms with van der Waals surface area (Å²) < 4.78 is 2.72. The van der Waals surface area contributed by atoms with Crippen LogP contribution < -0.4 is 0 Å². The van der Waals surface area contributed by atoms with E-state index in [4.69, 9.17) is 0 Å². The zero-order valence-electron chi connectivity index (χ0n) is 21.1. The highest BCUT2D eigenvalue weighted by Crippen LogP contribution is 2.41. The topological polar surface area (TPSA) is 0 Å². The van der Waals surface area contributed by atoms with Crippen molar-refractivity contribution in [3.63, 3.8) is 0 Å². The van der Waals surface area contributed by atoms with Gasteiger partial charge >= 0.3 is 0 Å². The van der Waals surface area contributed by atoms with Crippen molar-refractivity contribution in [2.75, 3.05) is 0 Å². The molecule has 1 aliphatic carbocycles. The van der Waals surface area contributed by atoms with Crippen LogP contribution in [0.15, 0.2) is 121 Å². The first-order valence-corrected chi connectivity index (χ1v) is 14.3. The monoisotopic (exact) mass is 502 g/mol. The van der Waals surface area contributed by atoms with Crippen LogP contribution >= 0.6 is 11.3 Å². The summed E-state index contributed by atoms with van der Waals surface area (Å²) in [4.78, 5) is 0. The summed E-state index contributed by atoms with van der Waals surface area (Å²) in [5, 5.41) is 8.27. The largest absolute Gasteiger partial charge is 0.135 e. The average Bonchev–Trinajstić information content (AvgIpc) is 3.37. The molecule has 38 heavy (non-hydrogen) atoms. The van der Waals surface area contributed by atoms with E-state index in [9.17, 15) is 0 Å². The summed E-state index contributed by atoms with van der Waals surface area (Å²) in [5.41, 5.74) is 8.47. The van der Waals surface area contributed by atoms with Crippen LogP contribution in [0.2, 0.25) is 0 Å². The molecule has 0 atom stereocenters. The molecule has 0 fully saturated rings. The van der Waals surface area contributed by atoms with Gasteiger partial charge in [-0.15, -0.1) is 11.3 Å². The second kappa shape index (κ2) is 8.68. The lowest BCUT2D eigenvalue weighted by Crippen LogP contribution is -2.04. The first-order chi connectivity index (χ1) is 18.8. The zero-order chi connectivity index (χ0) is 25.1. The number of allylic oxidation sites excluding steroid dienone is 1. The van der Waals surface area contributed by atoms with E-state index in [1.807, 2.05) is 11.3 Å². The van der Waals surface area contributed by atoms with E-state index in [2.05, 4.69) is 121 Å². The molecule has 1 heterocycles. The fraction of sp³-hybridized carbons (Fsp3) is 0.0811. The van der Waals surface area contributed by atoms with Crippen molar-refractivity contribution in [2.24, 2.45) is 0 Å². The Morgan fingerprint density at radius 2 is 1.18 bits per heavy atom. The lowest BCUT2D eigenvalue weighted by molar-refractivity contribution is 0.897. The Morgan fingerprint density at radius 1 is 0.526 bits per heavy atom. The van der Waals surface area contributed by atoms with Gasteiger partial charge in [-0.1, -0.05) is 115 Å². The Labute approximate surface area is 226 Å². The molecule has 6 aromatic carbocycles. The number of aryl methyl sites for hydroxylation is 1. The van der Waals surface area contributed by atoms with Crippen LogP contribution in [0.4, 0.5) is 0 Å². The lowest BCUT2D eigenvalue weighted by Gasteiger charge is -2.21. The first-order valence-electron chi connectivity index (χ1n) is 13.4. The summed E-state index contributed by atoms with van der Waals surface area (Å²) in [7, 11) is 0. The van der Waals surface area contributed by atoms with E-state index in [1.165, 1.54) is 75.1 Å². The number of benzene rings is 6. The number of rotatable bonds is 3. The quantitative estimate of drug-likeness (QED) is 0.211. The highest BCUT2D eigenvalue weighted by atomic mass is 32.1. The maximum Gasteiger partial charge on any atom is 0.0361 e. The smallest absolute Gasteiger partial charge is 0.0361 e. The van der Waals surface area contributed by atoms with Gasteiger partial charge in [-0.25, -0.2) is 0 Å². The van der Waals surface area contributed by atoms with Gasteiger partial charge in [0.2, 0.25) is 0 Å². The first kappa shape index (κ1) is 21.8. The molecule has 0 unspecified atom stereocenters. The number of fused-ring (bicyclic) bond motifs is 9. The van der Waals surface area contributed by atoms with Crippen LogP contribution in [-0.2, 0) is 12.8 Å². The molecule has 0 N–H and O–H groups in total. The van der Waals surface area contributed by atoms with Gasteiger partial charge in [-0.3, -0.25) is 0 Å². The third kappa shape index (κ3) is 3.43. The van der Waals surface area contributed by atoms with Gasteiger partial charge in [0, 0.05) is 20.2 Å². The van der Waals surface area contributed by atoms with Crippen molar-refractivity contribution in [1.29, 1.82) is 0 Å². The maximum absolute atomic E-state index is 2.49. The molecule has 7 aromatic rings. The van der Waals surface area contributed by atoms with Gasteiger partial charge in [-0.05, 0) is 80.8 Å². The average molecular weight is 503 g/mol. The summed E-state index contributed by atoms with van der Waals surface area (Å²) in [5.74, 6) is 0. The van der Waals surface area contributed by atoms with Crippen LogP contribution in [0.3, 0.4) is 0 Å². The molecule has 0 bridgehead atoms. The van der Waals surface area contributed by atoms with Gasteiger partial charge in [0.1, 0.15) is 0 Å². The minimum absolute atomic E-state index is 1.01. The van der Waals surface area contributed by atoms with Gasteiger partial charge in [0.05, 0.1) is 0 Å². The molecule has 0 spiro atoms. The number of hydrogen-bond acceptors (Lipinski definition) is 1. The SMILES string of the molecule is C1=C(Cc2ccc(-c3cccc4sc5ccccc5c34)cc2)CCc2c1c1ccccc1c1ccccc21. The normalized spacial score (nSPS) is 13.3. The number of hydrogen-bond donors (Lipinski definition) is 0. The Balaban J connectivity index is 1.17. The molecule has 0 aliphatic heterocycles. The summed E-state index contributed by atoms with van der Waals surface area (Å²) in [6.45, 7) is 0. The zero-order valence-corrected chi connectivity index (χ0v) is 21.9. The molecule has 0 saturated carbocycles. The molecule has 0 radical (unpaired) electrons. The summed E-state index contributed by atoms with van der Waals surface area (Å²) in [6, 6.07) is 42.6. The van der Waals surface area contributed by atoms with E-state index >= 15 is 0 Å². The molecule has 180 valence electrons. The maximum atomic E-state index is 2.49. The van der Waals surface area contributed by atoms with Crippen molar-refractivity contribution in [2.45, 2.75) is 19.3 Å². The minimum atomic E-state index is 1.01. The highest BCUT2D eigenvalue weighted by Gasteiger charge is 2.18. The fourth-order valence-electron chi connectivity index (χ4n) is 6.46. The van der Waals surface area contributed by atoms with Crippen LogP contribution in [0.1, 0.15) is 23.1 Å². The second-order valence-corrected chi connectivity index (χ2v) is 11.5. The molecule has 0 amide bonds. The van der Waals surface area contributed by atoms with E-state index in [0.29, 0.717) is 0 Å². The Kier molecular flexibility index (Phi) is 4.99. The fourth-order valence-corrected chi connectivity index (χ4v) is 7.59. The predicted octanol–water partition coefficient (Wildman–Crippen LogP) is 10.6. The van der Waals surface area contributed by atoms with Gasteiger partial charge < -0.3 is 0 Å². The van der Waals surface area contributed by atoms with Crippen LogP contribution in [0.5, 0.6) is 0 Å². The van der Waals surface area contributed by atoms with Gasteiger partial charge in [-0.2, -0.15) is 0 Å². The molecule has 1 aromatic heterocycles. The Morgan fingerprint density at radius 3 is 2.00 bits per heavy atom. The standard InChI is InChI=1S/C37H26S/c1-2-10-30-28(8-1)29-9-3-4-11-31(29)34-23-25(18-21-32(30)34)22-24-16-19-26(20-17-24)27-13-7-15-36-37(27)33-12-5-6-14-35(33)38-36/h1-17,19-20,23H,18,21-22H2. The predicted molar refractivity (Wildman–Crippen MR) is 166 cm³/mol. The van der Waals surface area contributed by atoms with Crippen molar-refractivity contribution < 1.29 is 0 Å². The molecule has 0 nitrogen and oxygen atoms in total. The van der Waals surface area contributed by atoms with Gasteiger partial charge in [0.15, 0.2) is 0 Å². The van der Waals surface area contributed by atoms with Crippen molar-refractivity contribution in [1.82, 2.24) is 0 Å². The van der Waals surface area contributed by atoms with E-state index in [0.717, 1.165) is 19.3 Å². The third-order valence-corrected chi connectivity index (χ3v) is 9.36. The van der Waals surface area contributed by atoms with Crippen LogP contribution in [0, 0.1) is 0 Å². The van der Waals surface area contributed by atoms with E-state index in [1.54, 1.807) is 0 Å². The lowest BCUT2D eigenvalue weighted by atomic mass is 9.83. The Bertz CT molecular complexity index is 2040. The highest BCUT2D eigenvalue weighted by molar-refractivity contribution is 7.25. The second-order valence-electron chi connectivity index (χ2n) is 10.4. The van der Waals surface area contributed by atoms with E-state index in [-0.39, 0.29) is 0 Å². The van der Waals surface area contributed by atoms with E-state index < -0.39 is 0 Å². The third-order valence-electron chi connectivity index (χ3n) is 8.23. The van der Waals surface area contributed by atoms with Crippen molar-refractivity contribution >= 4 is 59.1 Å². The molecular weight excluding hydrogens is 476 g/mol. The summed E-state index contributed by atoms with van der Waals surface area (Å²) >= 11 is 1.89. The van der Waals surface area contributed by atoms with Crippen LogP contribution in [-0.4, -0.2) is 0 Å². The minimum Gasteiger partial charge on any atom is -0.135 e. The molecule has 8 rings (SSSR count). The van der Waals surface area contributed by atoms with Crippen molar-refractivity contribution in [3.8, 4) is 11.1 Å². The van der Waals surface area contributed by atoms with Crippen molar-refractivity contribution in [3.05, 3.63) is 138 Å². The molecule has 1 aliphatic rings. The molecular formula is C37H26S. The molecule has 1 heteroatoms. The molecule has 0 saturated heterocycles. The summed E-state index contributed by atoms with van der Waals surface area (Å²) in [6.07, 6.45) is 5.72. The van der Waals surface area contributed by atoms with Gasteiger partial charge in [0.25, 0.3) is 0 Å². The Hall–Kier alpha value is -4.20. The van der Waals surface area contributed by atoms with Crippen LogP contribution in [0.25, 0.3) is 58.9 Å². The number of thiophene rings is 1.